The summed E-state index contributed by atoms with van der Waals surface area (Å²) < 4.78 is 2.43. The molecule has 6 aromatic carbocycles. The molecule has 0 saturated heterocycles. The molecule has 2 nitrogen and oxygen atoms in total. The van der Waals surface area contributed by atoms with Crippen molar-refractivity contribution in [1.82, 2.24) is 4.57 Å². The molecule has 5 unspecified atom stereocenters. The maximum atomic E-state index is 2.71. The second-order valence-corrected chi connectivity index (χ2v) is 17.4. The van der Waals surface area contributed by atoms with Gasteiger partial charge in [-0.05, 0) is 143 Å². The first-order valence-corrected chi connectivity index (χ1v) is 21.8. The Kier molecular flexibility index (Phi) is 8.06. The number of aromatic nitrogens is 1. The van der Waals surface area contributed by atoms with Gasteiger partial charge < -0.3 is 9.47 Å². The topological polar surface area (TPSA) is 8.17 Å². The summed E-state index contributed by atoms with van der Waals surface area (Å²) in [5.74, 6) is 2.36. The van der Waals surface area contributed by atoms with Crippen molar-refractivity contribution in [2.45, 2.75) is 56.9 Å². The average Bonchev–Trinajstić information content (AvgIpc) is 3.81. The summed E-state index contributed by atoms with van der Waals surface area (Å²) in [5.41, 5.74) is 17.6. The van der Waals surface area contributed by atoms with Crippen LogP contribution in [-0.4, -0.2) is 10.6 Å². The fourth-order valence-corrected chi connectivity index (χ4v) is 11.7. The Morgan fingerprint density at radius 3 is 2.14 bits per heavy atom. The molecule has 1 saturated carbocycles. The van der Waals surface area contributed by atoms with Crippen molar-refractivity contribution in [1.29, 1.82) is 0 Å². The molecule has 0 bridgehead atoms. The zero-order valence-corrected chi connectivity index (χ0v) is 33.0. The highest BCUT2D eigenvalue weighted by molar-refractivity contribution is 6.10. The van der Waals surface area contributed by atoms with Gasteiger partial charge in [0, 0.05) is 45.7 Å². The summed E-state index contributed by atoms with van der Waals surface area (Å²) in [5, 5.41) is 2.59. The lowest BCUT2D eigenvalue weighted by molar-refractivity contribution is 0.370. The largest absolute Gasteiger partial charge is 0.338 e. The molecule has 282 valence electrons. The number of fused-ring (bicyclic) bond motifs is 8. The minimum absolute atomic E-state index is 0.513. The van der Waals surface area contributed by atoms with E-state index in [1.54, 1.807) is 11.1 Å². The summed E-state index contributed by atoms with van der Waals surface area (Å²) in [4.78, 5) is 2.71. The van der Waals surface area contributed by atoms with Crippen LogP contribution < -0.4 is 4.90 Å². The van der Waals surface area contributed by atoms with Gasteiger partial charge in [-0.2, -0.15) is 0 Å². The molecule has 0 N–H and O–H groups in total. The Bertz CT molecular complexity index is 2830. The molecule has 2 heteroatoms. The quantitative estimate of drug-likeness (QED) is 0.159. The van der Waals surface area contributed by atoms with Gasteiger partial charge >= 0.3 is 0 Å². The standard InChI is InChI=1S/C56H48N2/c1-2-12-37(13-3-1)38-22-28-44(29-23-38)57-52-20-10-8-18-48(52)50-35-40(26-32-54(50)57)41-27-33-55-51(36-41)49-19-9-11-21-53(49)58(55)45-30-24-39(25-31-45)56-46-16-6-4-14-42(46)34-43-15-5-7-17-47(43)56/h1-6,8,10,12-16,18,20,22-33,35-36,42-43,47,49,53H,7,9,11,17,19,21,34H2. The van der Waals surface area contributed by atoms with Crippen LogP contribution in [0.4, 0.5) is 11.4 Å². The summed E-state index contributed by atoms with van der Waals surface area (Å²) in [6, 6.07) is 53.4. The Morgan fingerprint density at radius 2 is 1.24 bits per heavy atom. The van der Waals surface area contributed by atoms with E-state index >= 15 is 0 Å². The first-order chi connectivity index (χ1) is 28.8. The van der Waals surface area contributed by atoms with Gasteiger partial charge in [0.25, 0.3) is 0 Å². The van der Waals surface area contributed by atoms with Crippen LogP contribution in [0, 0.1) is 17.8 Å². The summed E-state index contributed by atoms with van der Waals surface area (Å²) in [6.07, 6.45) is 23.1. The van der Waals surface area contributed by atoms with Crippen molar-refractivity contribution in [3.63, 3.8) is 0 Å². The van der Waals surface area contributed by atoms with Crippen LogP contribution in [-0.2, 0) is 0 Å². The molecule has 1 aromatic heterocycles. The minimum Gasteiger partial charge on any atom is -0.338 e. The molecule has 5 aliphatic rings. The van der Waals surface area contributed by atoms with E-state index in [1.165, 1.54) is 117 Å². The molecule has 1 aliphatic heterocycles. The van der Waals surface area contributed by atoms with E-state index in [-0.39, 0.29) is 0 Å². The highest BCUT2D eigenvalue weighted by Gasteiger charge is 2.41. The van der Waals surface area contributed by atoms with E-state index in [0.717, 1.165) is 0 Å². The van der Waals surface area contributed by atoms with Crippen molar-refractivity contribution >= 4 is 38.8 Å². The Labute approximate surface area is 342 Å². The van der Waals surface area contributed by atoms with E-state index in [0.29, 0.717) is 29.7 Å². The van der Waals surface area contributed by atoms with Gasteiger partial charge in [-0.3, -0.25) is 0 Å². The minimum atomic E-state index is 0.513. The summed E-state index contributed by atoms with van der Waals surface area (Å²) >= 11 is 0. The number of para-hydroxylation sites is 1. The Hall–Kier alpha value is -6.12. The smallest absolute Gasteiger partial charge is 0.0541 e. The van der Waals surface area contributed by atoms with Crippen molar-refractivity contribution in [3.8, 4) is 27.9 Å². The molecule has 0 spiro atoms. The molecule has 1 fully saturated rings. The molecular weight excluding hydrogens is 701 g/mol. The summed E-state index contributed by atoms with van der Waals surface area (Å²) in [6.45, 7) is 0. The maximum Gasteiger partial charge on any atom is 0.0541 e. The third-order valence-corrected chi connectivity index (χ3v) is 14.3. The molecule has 0 radical (unpaired) electrons. The number of hydrogen-bond donors (Lipinski definition) is 0. The van der Waals surface area contributed by atoms with Crippen LogP contribution in [0.1, 0.15) is 62.0 Å². The highest BCUT2D eigenvalue weighted by Crippen LogP contribution is 2.53. The van der Waals surface area contributed by atoms with E-state index in [2.05, 4.69) is 185 Å². The number of hydrogen-bond acceptors (Lipinski definition) is 1. The molecular formula is C56H48N2. The zero-order valence-electron chi connectivity index (χ0n) is 33.0. The van der Waals surface area contributed by atoms with Crippen LogP contribution in [0.5, 0.6) is 0 Å². The van der Waals surface area contributed by atoms with Gasteiger partial charge in [0.2, 0.25) is 0 Å². The number of anilines is 2. The molecule has 5 atom stereocenters. The number of allylic oxidation sites excluding steroid dienone is 8. The fourth-order valence-electron chi connectivity index (χ4n) is 11.7. The molecule has 2 heterocycles. The van der Waals surface area contributed by atoms with E-state index in [4.69, 9.17) is 0 Å². The second-order valence-electron chi connectivity index (χ2n) is 17.4. The lowest BCUT2D eigenvalue weighted by Gasteiger charge is -2.40. The normalized spacial score (nSPS) is 23.2. The number of benzene rings is 6. The van der Waals surface area contributed by atoms with Crippen LogP contribution in [0.25, 0.3) is 55.3 Å². The van der Waals surface area contributed by atoms with Crippen LogP contribution in [0.2, 0.25) is 0 Å². The molecule has 7 aromatic rings. The van der Waals surface area contributed by atoms with Crippen LogP contribution in [0.3, 0.4) is 0 Å². The average molecular weight is 749 g/mol. The van der Waals surface area contributed by atoms with E-state index in [1.807, 2.05) is 0 Å². The van der Waals surface area contributed by atoms with Crippen LogP contribution in [0.15, 0.2) is 182 Å². The monoisotopic (exact) mass is 748 g/mol. The predicted octanol–water partition coefficient (Wildman–Crippen LogP) is 14.8. The molecule has 0 amide bonds. The van der Waals surface area contributed by atoms with Gasteiger partial charge in [0.1, 0.15) is 0 Å². The maximum absolute atomic E-state index is 2.71. The number of rotatable bonds is 5. The molecule has 4 aliphatic carbocycles. The third-order valence-electron chi connectivity index (χ3n) is 14.3. The molecule has 58 heavy (non-hydrogen) atoms. The second kappa shape index (κ2) is 13.8. The predicted molar refractivity (Wildman–Crippen MR) is 244 cm³/mol. The van der Waals surface area contributed by atoms with Gasteiger partial charge in [-0.1, -0.05) is 134 Å². The highest BCUT2D eigenvalue weighted by atomic mass is 15.2. The Morgan fingerprint density at radius 1 is 0.517 bits per heavy atom. The van der Waals surface area contributed by atoms with Gasteiger partial charge in [0.15, 0.2) is 0 Å². The van der Waals surface area contributed by atoms with Gasteiger partial charge in [-0.25, -0.2) is 0 Å². The lowest BCUT2D eigenvalue weighted by atomic mass is 9.64. The van der Waals surface area contributed by atoms with Crippen molar-refractivity contribution in [3.05, 3.63) is 193 Å². The first kappa shape index (κ1) is 34.0. The van der Waals surface area contributed by atoms with E-state index in [9.17, 15) is 0 Å². The van der Waals surface area contributed by atoms with Crippen molar-refractivity contribution < 1.29 is 0 Å². The third kappa shape index (κ3) is 5.45. The van der Waals surface area contributed by atoms with E-state index < -0.39 is 0 Å². The van der Waals surface area contributed by atoms with Gasteiger partial charge in [0.05, 0.1) is 11.0 Å². The summed E-state index contributed by atoms with van der Waals surface area (Å²) in [7, 11) is 0. The first-order valence-electron chi connectivity index (χ1n) is 21.8. The van der Waals surface area contributed by atoms with Crippen molar-refractivity contribution in [2.24, 2.45) is 17.8 Å². The van der Waals surface area contributed by atoms with Crippen LogP contribution >= 0.6 is 0 Å². The van der Waals surface area contributed by atoms with Crippen molar-refractivity contribution in [2.75, 3.05) is 4.90 Å². The zero-order chi connectivity index (χ0) is 38.2. The number of nitrogens with zero attached hydrogens (tertiary/aromatic N) is 2. The lowest BCUT2D eigenvalue weighted by Crippen LogP contribution is -2.32. The fraction of sp³-hybridized carbons (Fsp3) is 0.214. The van der Waals surface area contributed by atoms with Gasteiger partial charge in [-0.15, -0.1) is 0 Å². The molecule has 12 rings (SSSR count). The SMILES string of the molecule is C1=CC2=C(c3ccc(N4c5ccc(-c6ccc7c(c6)c6ccccc6n7-c6ccc(-c7ccccc7)cc6)cc5C5CCCCC54)cc3)C3CCC=CC3CC2C=C1. The Balaban J connectivity index is 0.899.